The number of hydrogen-bond donors (Lipinski definition) is 1. The van der Waals surface area contributed by atoms with Crippen molar-refractivity contribution in [1.29, 1.82) is 0 Å². The van der Waals surface area contributed by atoms with Crippen molar-refractivity contribution in [2.24, 2.45) is 0 Å². The van der Waals surface area contributed by atoms with Crippen molar-refractivity contribution in [1.82, 2.24) is 10.2 Å². The maximum atomic E-state index is 13.5. The number of hydrogen-bond acceptors (Lipinski definition) is 5. The molecule has 2 aromatic rings. The predicted octanol–water partition coefficient (Wildman–Crippen LogP) is 4.66. The molecule has 2 aromatic carbocycles. The molecule has 0 aliphatic rings. The van der Waals surface area contributed by atoms with Crippen LogP contribution in [0.3, 0.4) is 0 Å². The van der Waals surface area contributed by atoms with Crippen LogP contribution in [0.15, 0.2) is 48.5 Å². The van der Waals surface area contributed by atoms with Crippen molar-refractivity contribution in [3.05, 3.63) is 59.1 Å². The van der Waals surface area contributed by atoms with Crippen LogP contribution in [-0.2, 0) is 26.0 Å². The van der Waals surface area contributed by atoms with E-state index in [1.54, 1.807) is 17.0 Å². The summed E-state index contributed by atoms with van der Waals surface area (Å²) in [4.78, 5) is 28.2. The zero-order valence-electron chi connectivity index (χ0n) is 23.2. The largest absolute Gasteiger partial charge is 0.495 e. The summed E-state index contributed by atoms with van der Waals surface area (Å²) in [7, 11) is -2.15. The number of carbonyl (C=O) groups excluding carboxylic acids is 2. The second-order valence-corrected chi connectivity index (χ2v) is 12.6. The molecule has 0 fully saturated rings. The first-order valence-electron chi connectivity index (χ1n) is 12.7. The lowest BCUT2D eigenvalue weighted by molar-refractivity contribution is -0.141. The third kappa shape index (κ3) is 9.51. The van der Waals surface area contributed by atoms with Gasteiger partial charge in [-0.25, -0.2) is 8.42 Å². The Hall–Kier alpha value is -2.78. The van der Waals surface area contributed by atoms with Gasteiger partial charge >= 0.3 is 0 Å². The lowest BCUT2D eigenvalue weighted by Gasteiger charge is -2.33. The highest BCUT2D eigenvalue weighted by atomic mass is 35.5. The van der Waals surface area contributed by atoms with Gasteiger partial charge < -0.3 is 15.0 Å². The van der Waals surface area contributed by atoms with Gasteiger partial charge in [0, 0.05) is 25.0 Å². The maximum Gasteiger partial charge on any atom is 0.243 e. The van der Waals surface area contributed by atoms with E-state index in [1.165, 1.54) is 17.5 Å². The summed E-state index contributed by atoms with van der Waals surface area (Å²) < 4.78 is 31.5. The number of carbonyl (C=O) groups is 2. The molecule has 210 valence electrons. The van der Waals surface area contributed by atoms with Crippen molar-refractivity contribution >= 4 is 39.1 Å². The molecule has 0 aliphatic heterocycles. The van der Waals surface area contributed by atoms with Gasteiger partial charge in [0.15, 0.2) is 0 Å². The third-order valence-corrected chi connectivity index (χ3v) is 7.43. The molecule has 1 unspecified atom stereocenters. The smallest absolute Gasteiger partial charge is 0.243 e. The number of anilines is 1. The van der Waals surface area contributed by atoms with E-state index in [4.69, 9.17) is 16.3 Å². The molecular weight excluding hydrogens is 526 g/mol. The van der Waals surface area contributed by atoms with Crippen LogP contribution in [0.25, 0.3) is 0 Å². The van der Waals surface area contributed by atoms with E-state index in [1.807, 2.05) is 58.0 Å². The molecule has 0 saturated heterocycles. The van der Waals surface area contributed by atoms with Gasteiger partial charge in [0.2, 0.25) is 21.8 Å². The number of methoxy groups -OCH3 is 1. The van der Waals surface area contributed by atoms with Gasteiger partial charge in [0.1, 0.15) is 11.8 Å². The van der Waals surface area contributed by atoms with Gasteiger partial charge in [-0.3, -0.25) is 13.9 Å². The Kier molecular flexibility index (Phi) is 11.5. The normalized spacial score (nSPS) is 12.5. The second kappa shape index (κ2) is 13.8. The molecule has 38 heavy (non-hydrogen) atoms. The first-order valence-corrected chi connectivity index (χ1v) is 15.0. The van der Waals surface area contributed by atoms with Crippen molar-refractivity contribution in [3.8, 4) is 5.75 Å². The number of amides is 2. The molecule has 0 saturated carbocycles. The van der Waals surface area contributed by atoms with E-state index in [2.05, 4.69) is 5.32 Å². The molecule has 8 nitrogen and oxygen atoms in total. The van der Waals surface area contributed by atoms with Crippen LogP contribution in [0.5, 0.6) is 5.75 Å². The lowest BCUT2D eigenvalue weighted by atomic mass is 10.0. The number of ether oxygens (including phenoxy) is 1. The van der Waals surface area contributed by atoms with Crippen molar-refractivity contribution in [2.75, 3.05) is 30.8 Å². The minimum absolute atomic E-state index is 0.0873. The van der Waals surface area contributed by atoms with Crippen LogP contribution in [0.2, 0.25) is 5.02 Å². The van der Waals surface area contributed by atoms with Gasteiger partial charge in [0.05, 0.1) is 24.1 Å². The molecule has 0 spiro atoms. The Balaban J connectivity index is 2.20. The Morgan fingerprint density at radius 2 is 1.74 bits per heavy atom. The fourth-order valence-electron chi connectivity index (χ4n) is 4.16. The molecule has 1 atom stereocenters. The van der Waals surface area contributed by atoms with Crippen LogP contribution in [0.4, 0.5) is 5.69 Å². The van der Waals surface area contributed by atoms with Crippen LogP contribution in [-0.4, -0.2) is 63.2 Å². The first kappa shape index (κ1) is 31.4. The number of nitrogens with zero attached hydrogens (tertiary/aromatic N) is 2. The van der Waals surface area contributed by atoms with Gasteiger partial charge in [-0.1, -0.05) is 48.9 Å². The highest BCUT2D eigenvalue weighted by Crippen LogP contribution is 2.30. The van der Waals surface area contributed by atoms with Gasteiger partial charge in [-0.05, 0) is 63.8 Å². The number of sulfonamides is 1. The van der Waals surface area contributed by atoms with Crippen molar-refractivity contribution in [2.45, 2.75) is 65.0 Å². The molecule has 2 rings (SSSR count). The Bertz CT molecular complexity index is 1180. The average Bonchev–Trinajstić information content (AvgIpc) is 2.83. The Labute approximate surface area is 232 Å². The second-order valence-electron chi connectivity index (χ2n) is 10.2. The number of halogens is 1. The zero-order valence-corrected chi connectivity index (χ0v) is 24.7. The molecule has 0 bridgehead atoms. The van der Waals surface area contributed by atoms with E-state index in [-0.39, 0.29) is 36.2 Å². The minimum Gasteiger partial charge on any atom is -0.495 e. The van der Waals surface area contributed by atoms with E-state index < -0.39 is 21.6 Å². The molecule has 0 heterocycles. The summed E-state index contributed by atoms with van der Waals surface area (Å²) in [6.45, 7) is 8.05. The van der Waals surface area contributed by atoms with Crippen molar-refractivity contribution < 1.29 is 22.7 Å². The molecule has 0 aromatic heterocycles. The summed E-state index contributed by atoms with van der Waals surface area (Å²) >= 11 is 6.22. The quantitative estimate of drug-likeness (QED) is 0.381. The highest BCUT2D eigenvalue weighted by molar-refractivity contribution is 7.92. The molecule has 0 radical (unpaired) electrons. The molecular formula is C28H40ClN3O5S. The van der Waals surface area contributed by atoms with Gasteiger partial charge in [-0.2, -0.15) is 0 Å². The average molecular weight is 566 g/mol. The van der Waals surface area contributed by atoms with Crippen molar-refractivity contribution in [3.63, 3.8) is 0 Å². The molecule has 2 amide bonds. The first-order chi connectivity index (χ1) is 17.8. The topological polar surface area (TPSA) is 96.0 Å². The SMILES string of the molecule is CCC(C(=O)NC(C)(C)C)N(CCc1ccccc1)C(=O)CCCN(c1ccc(OC)c(Cl)c1)S(C)(=O)=O. The minimum atomic E-state index is -3.63. The van der Waals surface area contributed by atoms with Crippen LogP contribution in [0.1, 0.15) is 52.5 Å². The molecule has 0 aliphatic carbocycles. The maximum absolute atomic E-state index is 13.5. The lowest BCUT2D eigenvalue weighted by Crippen LogP contribution is -2.54. The van der Waals surface area contributed by atoms with E-state index in [9.17, 15) is 18.0 Å². The molecule has 1 N–H and O–H groups in total. The van der Waals surface area contributed by atoms with Gasteiger partial charge in [-0.15, -0.1) is 0 Å². The van der Waals surface area contributed by atoms with Gasteiger partial charge in [0.25, 0.3) is 0 Å². The van der Waals surface area contributed by atoms with E-state index in [0.29, 0.717) is 30.8 Å². The summed E-state index contributed by atoms with van der Waals surface area (Å²) in [6, 6.07) is 13.9. The van der Waals surface area contributed by atoms with Crippen LogP contribution < -0.4 is 14.4 Å². The monoisotopic (exact) mass is 565 g/mol. The summed E-state index contributed by atoms with van der Waals surface area (Å²) in [5, 5.41) is 3.28. The molecule has 10 heteroatoms. The fraction of sp³-hybridized carbons (Fsp3) is 0.500. The van der Waals surface area contributed by atoms with Crippen LogP contribution in [0, 0.1) is 0 Å². The fourth-order valence-corrected chi connectivity index (χ4v) is 5.37. The number of nitrogens with one attached hydrogen (secondary N) is 1. The number of rotatable bonds is 13. The standard InChI is InChI=1S/C28H40ClN3O5S/c1-7-24(27(34)30-28(2,3)4)31(19-17-21-12-9-8-10-13-21)26(33)14-11-18-32(38(6,35)36)22-15-16-25(37-5)23(29)20-22/h8-10,12-13,15-16,20,24H,7,11,14,17-19H2,1-6H3,(H,30,34). The number of benzene rings is 2. The Morgan fingerprint density at radius 3 is 2.26 bits per heavy atom. The Morgan fingerprint density at radius 1 is 1.08 bits per heavy atom. The highest BCUT2D eigenvalue weighted by Gasteiger charge is 2.30. The zero-order chi connectivity index (χ0) is 28.5. The van der Waals surface area contributed by atoms with E-state index in [0.717, 1.165) is 11.8 Å². The predicted molar refractivity (Wildman–Crippen MR) is 153 cm³/mol. The summed E-state index contributed by atoms with van der Waals surface area (Å²) in [5.41, 5.74) is 1.02. The summed E-state index contributed by atoms with van der Waals surface area (Å²) in [6.07, 6.45) is 2.54. The third-order valence-electron chi connectivity index (χ3n) is 5.94. The van der Waals surface area contributed by atoms with E-state index >= 15 is 0 Å². The van der Waals surface area contributed by atoms with Crippen LogP contribution >= 0.6 is 11.6 Å². The summed E-state index contributed by atoms with van der Waals surface area (Å²) in [5.74, 6) is 0.0392.